The second kappa shape index (κ2) is 6.34. The van der Waals surface area contributed by atoms with E-state index < -0.39 is 19.8 Å². The summed E-state index contributed by atoms with van der Waals surface area (Å²) in [6.07, 6.45) is 0. The van der Waals surface area contributed by atoms with E-state index in [9.17, 15) is 12.8 Å². The molecule has 0 saturated heterocycles. The SMILES string of the molecule is Cc1ccccc1COc1cc(F)c(S(=O)(=O)Cl)cc1Br. The van der Waals surface area contributed by atoms with Crippen LogP contribution in [0, 0.1) is 12.7 Å². The van der Waals surface area contributed by atoms with Crippen LogP contribution in [0.3, 0.4) is 0 Å². The first-order valence-corrected chi connectivity index (χ1v) is 9.00. The quantitative estimate of drug-likeness (QED) is 0.723. The predicted octanol–water partition coefficient (Wildman–Crippen LogP) is 4.40. The molecule has 0 radical (unpaired) electrons. The summed E-state index contributed by atoms with van der Waals surface area (Å²) in [6, 6.07) is 9.72. The molecule has 2 rings (SSSR count). The summed E-state index contributed by atoms with van der Waals surface area (Å²) in [6.45, 7) is 2.19. The molecule has 0 aliphatic heterocycles. The van der Waals surface area contributed by atoms with Crippen molar-refractivity contribution in [3.8, 4) is 5.75 Å². The number of benzene rings is 2. The van der Waals surface area contributed by atoms with Gasteiger partial charge in [-0.05, 0) is 40.0 Å². The van der Waals surface area contributed by atoms with Crippen molar-refractivity contribution in [1.29, 1.82) is 0 Å². The predicted molar refractivity (Wildman–Crippen MR) is 82.6 cm³/mol. The first-order valence-electron chi connectivity index (χ1n) is 5.90. The molecule has 0 unspecified atom stereocenters. The normalized spacial score (nSPS) is 11.4. The highest BCUT2D eigenvalue weighted by atomic mass is 79.9. The standard InChI is InChI=1S/C14H11BrClFO3S/c1-9-4-2-3-5-10(9)8-20-13-7-12(17)14(6-11(13)15)21(16,18)19/h2-7H,8H2,1H3. The fourth-order valence-electron chi connectivity index (χ4n) is 1.74. The molecule has 7 heteroatoms. The van der Waals surface area contributed by atoms with E-state index in [1.807, 2.05) is 31.2 Å². The summed E-state index contributed by atoms with van der Waals surface area (Å²) in [4.78, 5) is -0.584. The minimum Gasteiger partial charge on any atom is -0.488 e. The average Bonchev–Trinajstić information content (AvgIpc) is 2.39. The Hall–Kier alpha value is -1.11. The van der Waals surface area contributed by atoms with Crippen LogP contribution >= 0.6 is 26.6 Å². The third-order valence-corrected chi connectivity index (χ3v) is 4.85. The van der Waals surface area contributed by atoms with Crippen molar-refractivity contribution >= 4 is 35.7 Å². The zero-order valence-corrected chi connectivity index (χ0v) is 14.1. The number of hydrogen-bond donors (Lipinski definition) is 0. The molecule has 0 saturated carbocycles. The van der Waals surface area contributed by atoms with Gasteiger partial charge in [0.1, 0.15) is 23.1 Å². The molecule has 0 heterocycles. The van der Waals surface area contributed by atoms with E-state index in [2.05, 4.69) is 15.9 Å². The van der Waals surface area contributed by atoms with Gasteiger partial charge in [-0.15, -0.1) is 0 Å². The van der Waals surface area contributed by atoms with Crippen molar-refractivity contribution in [3.05, 3.63) is 57.8 Å². The first-order chi connectivity index (χ1) is 9.79. The van der Waals surface area contributed by atoms with Crippen molar-refractivity contribution in [1.82, 2.24) is 0 Å². The van der Waals surface area contributed by atoms with Gasteiger partial charge in [0.2, 0.25) is 0 Å². The molecule has 0 bridgehead atoms. The molecular formula is C14H11BrClFO3S. The summed E-state index contributed by atoms with van der Waals surface area (Å²) >= 11 is 3.15. The third kappa shape index (κ3) is 3.96. The van der Waals surface area contributed by atoms with Crippen molar-refractivity contribution in [2.45, 2.75) is 18.4 Å². The molecule has 2 aromatic rings. The van der Waals surface area contributed by atoms with Crippen LogP contribution in [0.4, 0.5) is 4.39 Å². The van der Waals surface area contributed by atoms with E-state index in [0.717, 1.165) is 23.3 Å². The van der Waals surface area contributed by atoms with E-state index in [4.69, 9.17) is 15.4 Å². The van der Waals surface area contributed by atoms with Crippen molar-refractivity contribution in [2.75, 3.05) is 0 Å². The molecule has 0 aliphatic rings. The van der Waals surface area contributed by atoms with E-state index in [-0.39, 0.29) is 12.4 Å². The first kappa shape index (κ1) is 16.3. The van der Waals surface area contributed by atoms with Crippen LogP contribution in [0.2, 0.25) is 0 Å². The van der Waals surface area contributed by atoms with Gasteiger partial charge in [-0.1, -0.05) is 24.3 Å². The highest BCUT2D eigenvalue weighted by Gasteiger charge is 2.19. The fraction of sp³-hybridized carbons (Fsp3) is 0.143. The summed E-state index contributed by atoms with van der Waals surface area (Å²) < 4.78 is 42.0. The van der Waals surface area contributed by atoms with E-state index >= 15 is 0 Å². The maximum absolute atomic E-state index is 13.8. The monoisotopic (exact) mass is 392 g/mol. The molecule has 0 aliphatic carbocycles. The molecule has 0 amide bonds. The summed E-state index contributed by atoms with van der Waals surface area (Å²) in [5.41, 5.74) is 2.01. The minimum absolute atomic E-state index is 0.208. The highest BCUT2D eigenvalue weighted by molar-refractivity contribution is 9.10. The lowest BCUT2D eigenvalue weighted by atomic mass is 10.1. The number of hydrogen-bond acceptors (Lipinski definition) is 3. The second-order valence-electron chi connectivity index (χ2n) is 4.37. The maximum Gasteiger partial charge on any atom is 0.264 e. The number of rotatable bonds is 4. The van der Waals surface area contributed by atoms with Gasteiger partial charge in [-0.3, -0.25) is 0 Å². The molecule has 3 nitrogen and oxygen atoms in total. The summed E-state index contributed by atoms with van der Waals surface area (Å²) in [7, 11) is 1.02. The smallest absolute Gasteiger partial charge is 0.264 e. The Morgan fingerprint density at radius 3 is 2.57 bits per heavy atom. The molecule has 21 heavy (non-hydrogen) atoms. The lowest BCUT2D eigenvalue weighted by Gasteiger charge is -2.11. The van der Waals surface area contributed by atoms with Gasteiger partial charge < -0.3 is 4.74 Å². The Kier molecular flexibility index (Phi) is 4.91. The van der Waals surface area contributed by atoms with Crippen molar-refractivity contribution < 1.29 is 17.5 Å². The molecule has 0 atom stereocenters. The minimum atomic E-state index is -4.13. The highest BCUT2D eigenvalue weighted by Crippen LogP contribution is 2.32. The molecule has 0 N–H and O–H groups in total. The van der Waals surface area contributed by atoms with Crippen LogP contribution in [0.1, 0.15) is 11.1 Å². The van der Waals surface area contributed by atoms with Crippen LogP contribution < -0.4 is 4.74 Å². The van der Waals surface area contributed by atoms with Crippen molar-refractivity contribution in [3.63, 3.8) is 0 Å². The molecule has 0 aromatic heterocycles. The van der Waals surface area contributed by atoms with E-state index in [0.29, 0.717) is 4.47 Å². The van der Waals surface area contributed by atoms with Gasteiger partial charge >= 0.3 is 0 Å². The average molecular weight is 394 g/mol. The van der Waals surface area contributed by atoms with E-state index in [1.54, 1.807) is 0 Å². The Morgan fingerprint density at radius 1 is 1.29 bits per heavy atom. The summed E-state index contributed by atoms with van der Waals surface area (Å²) in [5, 5.41) is 0. The van der Waals surface area contributed by atoms with Gasteiger partial charge in [0, 0.05) is 16.7 Å². The molecule has 112 valence electrons. The largest absolute Gasteiger partial charge is 0.488 e. The zero-order chi connectivity index (χ0) is 15.6. The van der Waals surface area contributed by atoms with Crippen LogP contribution in [-0.4, -0.2) is 8.42 Å². The Balaban J connectivity index is 2.26. The number of aryl methyl sites for hydroxylation is 1. The van der Waals surface area contributed by atoms with Gasteiger partial charge in [-0.2, -0.15) is 0 Å². The molecule has 2 aromatic carbocycles. The van der Waals surface area contributed by atoms with Gasteiger partial charge in [0.05, 0.1) is 4.47 Å². The third-order valence-electron chi connectivity index (χ3n) is 2.89. The topological polar surface area (TPSA) is 43.4 Å². The van der Waals surface area contributed by atoms with Crippen LogP contribution in [0.5, 0.6) is 5.75 Å². The lowest BCUT2D eigenvalue weighted by molar-refractivity contribution is 0.301. The van der Waals surface area contributed by atoms with Gasteiger partial charge in [-0.25, -0.2) is 12.8 Å². The number of halogens is 3. The molecule has 0 spiro atoms. The van der Waals surface area contributed by atoms with Gasteiger partial charge in [0.15, 0.2) is 0 Å². The molecular weight excluding hydrogens is 383 g/mol. The lowest BCUT2D eigenvalue weighted by Crippen LogP contribution is -2.01. The molecule has 0 fully saturated rings. The van der Waals surface area contributed by atoms with Crippen LogP contribution in [0.25, 0.3) is 0 Å². The second-order valence-corrected chi connectivity index (χ2v) is 7.75. The summed E-state index contributed by atoms with van der Waals surface area (Å²) in [5.74, 6) is -0.743. The maximum atomic E-state index is 13.8. The Morgan fingerprint density at radius 2 is 1.95 bits per heavy atom. The van der Waals surface area contributed by atoms with Gasteiger partial charge in [0.25, 0.3) is 9.05 Å². The van der Waals surface area contributed by atoms with E-state index in [1.165, 1.54) is 0 Å². The van der Waals surface area contributed by atoms with Crippen molar-refractivity contribution in [2.24, 2.45) is 0 Å². The van der Waals surface area contributed by atoms with Crippen LogP contribution in [0.15, 0.2) is 45.8 Å². The number of ether oxygens (including phenoxy) is 1. The Labute approximate surface area is 135 Å². The zero-order valence-electron chi connectivity index (χ0n) is 10.9. The Bertz CT molecular complexity index is 778. The fourth-order valence-corrected chi connectivity index (χ4v) is 3.25. The van der Waals surface area contributed by atoms with Crippen LogP contribution in [-0.2, 0) is 15.7 Å².